The average molecular weight is 318 g/mol. The molecule has 0 heterocycles. The summed E-state index contributed by atoms with van der Waals surface area (Å²) in [5, 5.41) is 20.5. The van der Waals surface area contributed by atoms with E-state index in [-0.39, 0.29) is 17.3 Å². The largest absolute Gasteiger partial charge is 0.481 e. The first-order valence-electron chi connectivity index (χ1n) is 8.55. The molecule has 1 unspecified atom stereocenters. The van der Waals surface area contributed by atoms with Crippen LogP contribution in [0.15, 0.2) is 36.5 Å². The fourth-order valence-electron chi connectivity index (χ4n) is 5.19. The third-order valence-corrected chi connectivity index (χ3v) is 6.44. The Kier molecular flexibility index (Phi) is 4.91. The number of aliphatic hydroxyl groups is 1. The second-order valence-corrected chi connectivity index (χ2v) is 7.93. The van der Waals surface area contributed by atoms with Gasteiger partial charge in [0.05, 0.1) is 11.5 Å². The lowest BCUT2D eigenvalue weighted by Crippen LogP contribution is -2.58. The Morgan fingerprint density at radius 3 is 2.61 bits per heavy atom. The molecule has 2 rings (SSSR count). The second-order valence-electron chi connectivity index (χ2n) is 7.93. The van der Waals surface area contributed by atoms with Crippen molar-refractivity contribution in [3.8, 4) is 0 Å². The molecule has 128 valence electrons. The van der Waals surface area contributed by atoms with Crippen LogP contribution in [0, 0.1) is 22.7 Å². The minimum Gasteiger partial charge on any atom is -0.481 e. The van der Waals surface area contributed by atoms with Gasteiger partial charge < -0.3 is 10.2 Å². The van der Waals surface area contributed by atoms with E-state index in [1.807, 2.05) is 19.9 Å². The standard InChI is InChI=1S/C20H30O3/c1-6-13(2)8-9-15-14(3)12-16(21)17-19(15,4)10-7-11-20(17,5)18(22)23/h6,8,15-17,21H,1,3,7,9-12H2,2,4-5H3,(H,22,23)/b13-8+/t15-,16?,17+,19+,20-/m0/s1. The lowest BCUT2D eigenvalue weighted by atomic mass is 9.46. The summed E-state index contributed by atoms with van der Waals surface area (Å²) in [7, 11) is 0. The molecule has 0 amide bonds. The van der Waals surface area contributed by atoms with Crippen molar-refractivity contribution in [2.75, 3.05) is 0 Å². The highest BCUT2D eigenvalue weighted by Crippen LogP contribution is 2.61. The van der Waals surface area contributed by atoms with E-state index in [9.17, 15) is 15.0 Å². The van der Waals surface area contributed by atoms with E-state index in [4.69, 9.17) is 0 Å². The number of aliphatic hydroxyl groups excluding tert-OH is 1. The third kappa shape index (κ3) is 2.91. The fraction of sp³-hybridized carbons (Fsp3) is 0.650. The summed E-state index contributed by atoms with van der Waals surface area (Å²) < 4.78 is 0. The van der Waals surface area contributed by atoms with Crippen molar-refractivity contribution in [3.63, 3.8) is 0 Å². The zero-order valence-electron chi connectivity index (χ0n) is 14.6. The fourth-order valence-corrected chi connectivity index (χ4v) is 5.19. The maximum Gasteiger partial charge on any atom is 0.309 e. The van der Waals surface area contributed by atoms with Gasteiger partial charge >= 0.3 is 5.97 Å². The van der Waals surface area contributed by atoms with Gasteiger partial charge in [-0.25, -0.2) is 0 Å². The average Bonchev–Trinajstić information content (AvgIpc) is 2.45. The molecule has 0 aromatic carbocycles. The van der Waals surface area contributed by atoms with Crippen molar-refractivity contribution >= 4 is 5.97 Å². The smallest absolute Gasteiger partial charge is 0.309 e. The molecule has 0 spiro atoms. The zero-order chi connectivity index (χ0) is 17.4. The van der Waals surface area contributed by atoms with Crippen LogP contribution in [0.3, 0.4) is 0 Å². The molecule has 2 fully saturated rings. The van der Waals surface area contributed by atoms with E-state index in [0.717, 1.165) is 30.4 Å². The van der Waals surface area contributed by atoms with Crippen LogP contribution in [0.2, 0.25) is 0 Å². The minimum atomic E-state index is -0.859. The van der Waals surface area contributed by atoms with Crippen molar-refractivity contribution in [1.82, 2.24) is 0 Å². The Labute approximate surface area is 139 Å². The summed E-state index contributed by atoms with van der Waals surface area (Å²) in [5.74, 6) is -0.796. The van der Waals surface area contributed by atoms with Crippen molar-refractivity contribution < 1.29 is 15.0 Å². The van der Waals surface area contributed by atoms with Gasteiger partial charge in [0.15, 0.2) is 0 Å². The summed E-state index contributed by atoms with van der Waals surface area (Å²) in [6, 6.07) is 0. The van der Waals surface area contributed by atoms with Crippen LogP contribution < -0.4 is 0 Å². The molecule has 0 bridgehead atoms. The summed E-state index contributed by atoms with van der Waals surface area (Å²) in [6.45, 7) is 14.0. The van der Waals surface area contributed by atoms with Crippen LogP contribution in [0.1, 0.15) is 52.9 Å². The molecule has 2 saturated carbocycles. The van der Waals surface area contributed by atoms with Crippen LogP contribution in [0.4, 0.5) is 0 Å². The molecule has 23 heavy (non-hydrogen) atoms. The number of carbonyl (C=O) groups is 1. The van der Waals surface area contributed by atoms with Gasteiger partial charge in [-0.15, -0.1) is 0 Å². The monoisotopic (exact) mass is 318 g/mol. The molecule has 0 saturated heterocycles. The molecule has 3 nitrogen and oxygen atoms in total. The summed E-state index contributed by atoms with van der Waals surface area (Å²) >= 11 is 0. The summed E-state index contributed by atoms with van der Waals surface area (Å²) in [6.07, 6.45) is 7.20. The number of carboxylic acid groups (broad SMARTS) is 1. The zero-order valence-corrected chi connectivity index (χ0v) is 14.6. The predicted molar refractivity (Wildman–Crippen MR) is 93.0 cm³/mol. The highest BCUT2D eigenvalue weighted by Gasteiger charge is 2.60. The molecule has 0 aromatic rings. The number of rotatable bonds is 4. The van der Waals surface area contributed by atoms with E-state index in [1.165, 1.54) is 0 Å². The maximum atomic E-state index is 12.0. The van der Waals surface area contributed by atoms with Crippen molar-refractivity contribution in [1.29, 1.82) is 0 Å². The third-order valence-electron chi connectivity index (χ3n) is 6.44. The normalized spacial score (nSPS) is 41.3. The van der Waals surface area contributed by atoms with E-state index in [2.05, 4.69) is 26.2 Å². The van der Waals surface area contributed by atoms with Gasteiger partial charge in [-0.3, -0.25) is 4.79 Å². The number of aliphatic carboxylic acids is 1. The molecule has 2 aliphatic rings. The number of carboxylic acids is 1. The minimum absolute atomic E-state index is 0.213. The van der Waals surface area contributed by atoms with Crippen LogP contribution in [-0.4, -0.2) is 22.3 Å². The van der Waals surface area contributed by atoms with Crippen molar-refractivity contribution in [3.05, 3.63) is 36.5 Å². The first-order chi connectivity index (χ1) is 10.7. The second kappa shape index (κ2) is 6.27. The Bertz CT molecular complexity index is 547. The Hall–Kier alpha value is -1.35. The van der Waals surface area contributed by atoms with Crippen LogP contribution in [-0.2, 0) is 4.79 Å². The van der Waals surface area contributed by atoms with Gasteiger partial charge in [-0.05, 0) is 50.9 Å². The Morgan fingerprint density at radius 1 is 1.39 bits per heavy atom. The SMILES string of the molecule is C=C/C(C)=C/C[C@H]1C(=C)CC(O)[C@@H]2[C@]1(C)CCC[C@]2(C)C(=O)O. The molecule has 0 radical (unpaired) electrons. The molecular formula is C20H30O3. The first kappa shape index (κ1) is 18.0. The molecule has 3 heteroatoms. The van der Waals surface area contributed by atoms with Gasteiger partial charge in [-0.1, -0.05) is 49.8 Å². The van der Waals surface area contributed by atoms with Gasteiger partial charge in [0.2, 0.25) is 0 Å². The van der Waals surface area contributed by atoms with Crippen LogP contribution in [0.25, 0.3) is 0 Å². The van der Waals surface area contributed by atoms with Crippen molar-refractivity contribution in [2.45, 2.75) is 59.0 Å². The molecule has 0 aliphatic heterocycles. The Balaban J connectivity index is 2.44. The van der Waals surface area contributed by atoms with E-state index >= 15 is 0 Å². The lowest BCUT2D eigenvalue weighted by Gasteiger charge is -2.58. The van der Waals surface area contributed by atoms with E-state index < -0.39 is 17.5 Å². The van der Waals surface area contributed by atoms with Gasteiger partial charge in [0.1, 0.15) is 0 Å². The van der Waals surface area contributed by atoms with Crippen molar-refractivity contribution in [2.24, 2.45) is 22.7 Å². The molecule has 5 atom stereocenters. The van der Waals surface area contributed by atoms with Gasteiger partial charge in [0.25, 0.3) is 0 Å². The maximum absolute atomic E-state index is 12.0. The van der Waals surface area contributed by atoms with Gasteiger partial charge in [-0.2, -0.15) is 0 Å². The predicted octanol–water partition coefficient (Wildman–Crippen LogP) is 4.34. The van der Waals surface area contributed by atoms with E-state index in [0.29, 0.717) is 12.8 Å². The molecule has 2 aliphatic carbocycles. The molecular weight excluding hydrogens is 288 g/mol. The number of allylic oxidation sites excluding steroid dienone is 3. The molecule has 2 N–H and O–H groups in total. The van der Waals surface area contributed by atoms with E-state index in [1.54, 1.807) is 0 Å². The number of hydrogen-bond donors (Lipinski definition) is 2. The first-order valence-corrected chi connectivity index (χ1v) is 8.55. The van der Waals surface area contributed by atoms with Crippen LogP contribution >= 0.6 is 0 Å². The number of fused-ring (bicyclic) bond motifs is 1. The highest BCUT2D eigenvalue weighted by molar-refractivity contribution is 5.75. The lowest BCUT2D eigenvalue weighted by molar-refractivity contribution is -0.176. The van der Waals surface area contributed by atoms with Gasteiger partial charge in [0, 0.05) is 5.92 Å². The highest BCUT2D eigenvalue weighted by atomic mass is 16.4. The number of hydrogen-bond acceptors (Lipinski definition) is 2. The molecule has 0 aromatic heterocycles. The topological polar surface area (TPSA) is 57.5 Å². The quantitative estimate of drug-likeness (QED) is 0.599. The van der Waals surface area contributed by atoms with Crippen LogP contribution in [0.5, 0.6) is 0 Å². The summed E-state index contributed by atoms with van der Waals surface area (Å²) in [5.41, 5.74) is 1.10. The Morgan fingerprint density at radius 2 is 2.04 bits per heavy atom. The summed E-state index contributed by atoms with van der Waals surface area (Å²) in [4.78, 5) is 12.0.